The van der Waals surface area contributed by atoms with E-state index in [0.717, 1.165) is 77.9 Å². The second-order valence-electron chi connectivity index (χ2n) is 18.3. The van der Waals surface area contributed by atoms with Crippen LogP contribution in [0, 0.1) is 23.7 Å². The van der Waals surface area contributed by atoms with Crippen molar-refractivity contribution in [3.8, 4) is 35.2 Å². The van der Waals surface area contributed by atoms with Gasteiger partial charge >= 0.3 is 0 Å². The van der Waals surface area contributed by atoms with Gasteiger partial charge in [-0.2, -0.15) is 0 Å². The van der Waals surface area contributed by atoms with E-state index in [2.05, 4.69) is 35.8 Å². The molecular formula is C76H54O3. The Bertz CT molecular complexity index is 3940. The Morgan fingerprint density at radius 2 is 0.532 bits per heavy atom. The third kappa shape index (κ3) is 12.3. The van der Waals surface area contributed by atoms with E-state index >= 15 is 0 Å². The first-order valence-electron chi connectivity index (χ1n) is 26.5. The highest BCUT2D eigenvalue weighted by atomic mass is 16.5. The molecule has 0 saturated carbocycles. The van der Waals surface area contributed by atoms with Crippen LogP contribution in [0.2, 0.25) is 0 Å². The van der Waals surface area contributed by atoms with Crippen molar-refractivity contribution in [2.75, 3.05) is 0 Å². The molecule has 0 saturated heterocycles. The average Bonchev–Trinajstić information content (AvgIpc) is 4.28. The number of hydrogen-bond acceptors (Lipinski definition) is 3. The summed E-state index contributed by atoms with van der Waals surface area (Å²) < 4.78 is 6.43. The number of benzene rings is 10. The number of hydrogen-bond donors (Lipinski definition) is 0. The van der Waals surface area contributed by atoms with Gasteiger partial charge in [0.05, 0.1) is 0 Å². The number of carbonyl (C=O) groups excluding carboxylic acids is 2. The Labute approximate surface area is 463 Å². The monoisotopic (exact) mass is 1010 g/mol. The van der Waals surface area contributed by atoms with Gasteiger partial charge in [0, 0.05) is 55.7 Å². The largest absolute Gasteiger partial charge is 0.457 e. The molecule has 0 fully saturated rings. The predicted molar refractivity (Wildman–Crippen MR) is 326 cm³/mol. The SMILES string of the molecule is C(#Cc1ccccc1)c1ccccc1.CC.O=C1C(c2ccccc2)=CC(c2ccc(Oc3ccc(C4=C(c5ccccc5)C(=O)C(c5ccccc5)=C4c4ccc(C#Cc5ccccc5)cc4)cc3)cc2)=C1c1ccccc1. The summed E-state index contributed by atoms with van der Waals surface area (Å²) >= 11 is 0. The highest BCUT2D eigenvalue weighted by Gasteiger charge is 2.35. The smallest absolute Gasteiger partial charge is 0.195 e. The highest BCUT2D eigenvalue weighted by Crippen LogP contribution is 2.50. The van der Waals surface area contributed by atoms with Crippen LogP contribution >= 0.6 is 0 Å². The second kappa shape index (κ2) is 25.3. The first kappa shape index (κ1) is 51.9. The first-order chi connectivity index (χ1) is 39.0. The predicted octanol–water partition coefficient (Wildman–Crippen LogP) is 17.7. The minimum atomic E-state index is -0.0222. The van der Waals surface area contributed by atoms with Crippen LogP contribution in [0.5, 0.6) is 11.5 Å². The zero-order valence-electron chi connectivity index (χ0n) is 43.9. The molecule has 0 spiro atoms. The maximum atomic E-state index is 14.9. The fourth-order valence-electron chi connectivity index (χ4n) is 9.53. The van der Waals surface area contributed by atoms with Gasteiger partial charge in [0.2, 0.25) is 0 Å². The summed E-state index contributed by atoms with van der Waals surface area (Å²) in [4.78, 5) is 28.8. The topological polar surface area (TPSA) is 43.4 Å². The van der Waals surface area contributed by atoms with E-state index in [4.69, 9.17) is 4.74 Å². The molecule has 0 unspecified atom stereocenters. The van der Waals surface area contributed by atoms with Crippen LogP contribution in [0.4, 0.5) is 0 Å². The van der Waals surface area contributed by atoms with Crippen molar-refractivity contribution in [2.45, 2.75) is 13.8 Å². The quantitative estimate of drug-likeness (QED) is 0.135. The van der Waals surface area contributed by atoms with E-state index < -0.39 is 0 Å². The maximum Gasteiger partial charge on any atom is 0.195 e. The Morgan fingerprint density at radius 3 is 0.899 bits per heavy atom. The van der Waals surface area contributed by atoms with E-state index in [1.165, 1.54) is 0 Å². The number of allylic oxidation sites excluding steroid dienone is 8. The molecule has 0 aromatic heterocycles. The molecule has 0 bridgehead atoms. The molecule has 2 aliphatic rings. The average molecular weight is 1020 g/mol. The number of Topliss-reactive ketones (excluding diaryl/α,β-unsaturated/α-hetero) is 2. The molecule has 10 aromatic rings. The molecule has 79 heavy (non-hydrogen) atoms. The van der Waals surface area contributed by atoms with E-state index in [1.54, 1.807) is 0 Å². The van der Waals surface area contributed by atoms with Gasteiger partial charge < -0.3 is 4.74 Å². The summed E-state index contributed by atoms with van der Waals surface area (Å²) in [5, 5.41) is 0. The molecular weight excluding hydrogens is 961 g/mol. The molecule has 2 aliphatic carbocycles. The van der Waals surface area contributed by atoms with Gasteiger partial charge in [0.15, 0.2) is 11.6 Å². The van der Waals surface area contributed by atoms with Crippen molar-refractivity contribution in [2.24, 2.45) is 0 Å². The molecule has 0 atom stereocenters. The Morgan fingerprint density at radius 1 is 0.253 bits per heavy atom. The van der Waals surface area contributed by atoms with Crippen LogP contribution in [0.25, 0.3) is 39.0 Å². The van der Waals surface area contributed by atoms with E-state index in [9.17, 15) is 9.59 Å². The molecule has 0 amide bonds. The number of ketones is 2. The van der Waals surface area contributed by atoms with Crippen molar-refractivity contribution in [3.63, 3.8) is 0 Å². The van der Waals surface area contributed by atoms with E-state index in [0.29, 0.717) is 33.8 Å². The van der Waals surface area contributed by atoms with Crippen LogP contribution in [-0.4, -0.2) is 11.6 Å². The molecule has 3 nitrogen and oxygen atoms in total. The minimum Gasteiger partial charge on any atom is -0.457 e. The van der Waals surface area contributed by atoms with Crippen molar-refractivity contribution in [3.05, 3.63) is 352 Å². The molecule has 376 valence electrons. The number of rotatable bonds is 9. The summed E-state index contributed by atoms with van der Waals surface area (Å²) in [6, 6.07) is 93.4. The Balaban J connectivity index is 0.000000380. The zero-order chi connectivity index (χ0) is 54.2. The van der Waals surface area contributed by atoms with Crippen molar-refractivity contribution in [1.29, 1.82) is 0 Å². The summed E-state index contributed by atoms with van der Waals surface area (Å²) in [7, 11) is 0. The number of carbonyl (C=O) groups is 2. The van der Waals surface area contributed by atoms with E-state index in [1.807, 2.05) is 293 Å². The van der Waals surface area contributed by atoms with Gasteiger partial charge in [-0.15, -0.1) is 0 Å². The van der Waals surface area contributed by atoms with E-state index in [-0.39, 0.29) is 11.6 Å². The van der Waals surface area contributed by atoms with Crippen LogP contribution in [0.3, 0.4) is 0 Å². The summed E-state index contributed by atoms with van der Waals surface area (Å²) in [5.74, 6) is 14.1. The molecule has 0 aliphatic heterocycles. The Hall–Kier alpha value is -10.6. The fraction of sp³-hybridized carbons (Fsp3) is 0.0263. The van der Waals surface area contributed by atoms with Gasteiger partial charge in [-0.25, -0.2) is 0 Å². The lowest BCUT2D eigenvalue weighted by Crippen LogP contribution is -2.01. The summed E-state index contributed by atoms with van der Waals surface area (Å²) in [6.07, 6.45) is 2.00. The second-order valence-corrected chi connectivity index (χ2v) is 18.3. The first-order valence-corrected chi connectivity index (χ1v) is 26.5. The highest BCUT2D eigenvalue weighted by molar-refractivity contribution is 6.59. The summed E-state index contributed by atoms with van der Waals surface area (Å²) in [5.41, 5.74) is 15.5. The molecule has 0 heterocycles. The maximum absolute atomic E-state index is 14.9. The fourth-order valence-corrected chi connectivity index (χ4v) is 9.53. The van der Waals surface area contributed by atoms with Gasteiger partial charge in [-0.3, -0.25) is 9.59 Å². The molecule has 3 heteroatoms. The van der Waals surface area contributed by atoms with Gasteiger partial charge in [-0.1, -0.05) is 250 Å². The lowest BCUT2D eigenvalue weighted by atomic mass is 9.89. The lowest BCUT2D eigenvalue weighted by Gasteiger charge is -2.15. The lowest BCUT2D eigenvalue weighted by molar-refractivity contribution is -0.109. The Kier molecular flexibility index (Phi) is 16.6. The van der Waals surface area contributed by atoms with Crippen LogP contribution in [0.1, 0.15) is 75.0 Å². The minimum absolute atomic E-state index is 0.0105. The van der Waals surface area contributed by atoms with Gasteiger partial charge in [-0.05, 0) is 123 Å². The van der Waals surface area contributed by atoms with Crippen LogP contribution < -0.4 is 4.74 Å². The molecule has 0 radical (unpaired) electrons. The van der Waals surface area contributed by atoms with Crippen LogP contribution in [0.15, 0.2) is 291 Å². The normalized spacial score (nSPS) is 12.5. The number of ether oxygens (including phenoxy) is 1. The molecule has 0 N–H and O–H groups in total. The molecule has 12 rings (SSSR count). The molecule has 10 aromatic carbocycles. The zero-order valence-corrected chi connectivity index (χ0v) is 43.9. The van der Waals surface area contributed by atoms with Gasteiger partial charge in [0.1, 0.15) is 11.5 Å². The summed E-state index contributed by atoms with van der Waals surface area (Å²) in [6.45, 7) is 4.00. The standard InChI is InChI=1S/C60H38O3.C14H10.C2H6/c61-59-53(43-18-8-2-9-19-43)40-52(54(59)45-20-10-3-11-21-45)44-32-36-50(37-33-44)63-51-38-34-49(35-39-51)56-55(48-30-28-42(29-31-48)27-26-41-16-6-1-7-17-41)57(46-22-12-4-13-23-46)60(62)58(56)47-24-14-5-15-25-47;1-3-7-13(8-4-1)11-12-14-9-5-2-6-10-14;1-2/h1-25,28-40H;1-10H;1-2H3. The van der Waals surface area contributed by atoms with Crippen molar-refractivity contribution in [1.82, 2.24) is 0 Å². The van der Waals surface area contributed by atoms with Crippen molar-refractivity contribution >= 4 is 50.6 Å². The van der Waals surface area contributed by atoms with Crippen LogP contribution in [-0.2, 0) is 9.59 Å². The van der Waals surface area contributed by atoms with Gasteiger partial charge in [0.25, 0.3) is 0 Å². The van der Waals surface area contributed by atoms with Crippen molar-refractivity contribution < 1.29 is 14.3 Å². The third-order valence-corrected chi connectivity index (χ3v) is 13.2. The third-order valence-electron chi connectivity index (χ3n) is 13.2.